The molecule has 18 heavy (non-hydrogen) atoms. The van der Waals surface area contributed by atoms with Crippen LogP contribution in [0.1, 0.15) is 29.0 Å². The summed E-state index contributed by atoms with van der Waals surface area (Å²) in [5, 5.41) is 1.95. The second-order valence-corrected chi connectivity index (χ2v) is 4.91. The molecular formula is C13H14F2N2S. The Morgan fingerprint density at radius 2 is 1.94 bits per heavy atom. The molecule has 1 aromatic carbocycles. The number of hydrazine groups is 1. The lowest BCUT2D eigenvalue weighted by molar-refractivity contribution is 0.567. The van der Waals surface area contributed by atoms with Crippen LogP contribution in [0.4, 0.5) is 8.78 Å². The maximum atomic E-state index is 13.2. The van der Waals surface area contributed by atoms with Crippen molar-refractivity contribution < 1.29 is 8.78 Å². The van der Waals surface area contributed by atoms with Crippen molar-refractivity contribution in [2.75, 3.05) is 0 Å². The molecule has 0 bridgehead atoms. The van der Waals surface area contributed by atoms with Crippen LogP contribution in [-0.4, -0.2) is 0 Å². The highest BCUT2D eigenvalue weighted by molar-refractivity contribution is 7.10. The van der Waals surface area contributed by atoms with Gasteiger partial charge in [0.1, 0.15) is 11.6 Å². The highest BCUT2D eigenvalue weighted by Crippen LogP contribution is 2.30. The van der Waals surface area contributed by atoms with Gasteiger partial charge in [0, 0.05) is 10.9 Å². The Hall–Kier alpha value is -1.30. The molecule has 0 radical (unpaired) electrons. The third-order valence-corrected chi connectivity index (χ3v) is 3.83. The van der Waals surface area contributed by atoms with Crippen LogP contribution in [0, 0.1) is 11.6 Å². The molecule has 0 saturated carbocycles. The average molecular weight is 268 g/mol. The molecule has 0 aliphatic carbocycles. The SMILES string of the molecule is CCc1ccsc1C(NN)c1cc(F)cc(F)c1. The van der Waals surface area contributed by atoms with Crippen molar-refractivity contribution in [3.05, 3.63) is 57.3 Å². The molecule has 0 spiro atoms. The molecule has 1 atom stereocenters. The van der Waals surface area contributed by atoms with Crippen LogP contribution >= 0.6 is 11.3 Å². The summed E-state index contributed by atoms with van der Waals surface area (Å²) in [7, 11) is 0. The highest BCUT2D eigenvalue weighted by Gasteiger charge is 2.18. The van der Waals surface area contributed by atoms with Gasteiger partial charge in [0.2, 0.25) is 0 Å². The van der Waals surface area contributed by atoms with Crippen molar-refractivity contribution in [1.82, 2.24) is 5.43 Å². The smallest absolute Gasteiger partial charge is 0.126 e. The maximum absolute atomic E-state index is 13.2. The topological polar surface area (TPSA) is 38.0 Å². The Morgan fingerprint density at radius 1 is 1.28 bits per heavy atom. The zero-order chi connectivity index (χ0) is 13.1. The van der Waals surface area contributed by atoms with E-state index in [0.29, 0.717) is 5.56 Å². The molecule has 1 aromatic heterocycles. The monoisotopic (exact) mass is 268 g/mol. The lowest BCUT2D eigenvalue weighted by Crippen LogP contribution is -2.29. The number of nitrogens with one attached hydrogen (secondary N) is 1. The molecule has 1 unspecified atom stereocenters. The van der Waals surface area contributed by atoms with Gasteiger partial charge in [-0.2, -0.15) is 0 Å². The van der Waals surface area contributed by atoms with Crippen molar-refractivity contribution in [1.29, 1.82) is 0 Å². The van der Waals surface area contributed by atoms with Gasteiger partial charge in [0.25, 0.3) is 0 Å². The minimum atomic E-state index is -0.597. The average Bonchev–Trinajstić information content (AvgIpc) is 2.77. The Labute approximate surface area is 108 Å². The quantitative estimate of drug-likeness (QED) is 0.660. The Bertz CT molecular complexity index is 519. The molecule has 2 rings (SSSR count). The van der Waals surface area contributed by atoms with Crippen LogP contribution in [0.3, 0.4) is 0 Å². The third kappa shape index (κ3) is 2.58. The van der Waals surface area contributed by atoms with Gasteiger partial charge in [0.15, 0.2) is 0 Å². The first-order valence-corrected chi connectivity index (χ1v) is 6.52. The van der Waals surface area contributed by atoms with E-state index >= 15 is 0 Å². The predicted molar refractivity (Wildman–Crippen MR) is 69.2 cm³/mol. The number of thiophene rings is 1. The second kappa shape index (κ2) is 5.56. The Morgan fingerprint density at radius 3 is 2.50 bits per heavy atom. The van der Waals surface area contributed by atoms with Crippen LogP contribution in [0.2, 0.25) is 0 Å². The number of rotatable bonds is 4. The number of hydrogen-bond donors (Lipinski definition) is 2. The number of halogens is 2. The van der Waals surface area contributed by atoms with E-state index in [4.69, 9.17) is 5.84 Å². The largest absolute Gasteiger partial charge is 0.271 e. The zero-order valence-electron chi connectivity index (χ0n) is 9.91. The summed E-state index contributed by atoms with van der Waals surface area (Å²) < 4.78 is 26.5. The third-order valence-electron chi connectivity index (χ3n) is 2.81. The summed E-state index contributed by atoms with van der Waals surface area (Å²) in [5.74, 6) is 4.34. The zero-order valence-corrected chi connectivity index (χ0v) is 10.7. The minimum Gasteiger partial charge on any atom is -0.271 e. The van der Waals surface area contributed by atoms with Gasteiger partial charge in [-0.3, -0.25) is 5.84 Å². The number of benzene rings is 1. The van der Waals surface area contributed by atoms with E-state index < -0.39 is 11.6 Å². The molecule has 0 aliphatic rings. The van der Waals surface area contributed by atoms with Crippen LogP contribution in [0.15, 0.2) is 29.6 Å². The molecule has 0 saturated heterocycles. The molecule has 0 fully saturated rings. The van der Waals surface area contributed by atoms with Crippen LogP contribution in [0.5, 0.6) is 0 Å². The lowest BCUT2D eigenvalue weighted by Gasteiger charge is -2.17. The fourth-order valence-electron chi connectivity index (χ4n) is 1.96. The number of nitrogens with two attached hydrogens (primary N) is 1. The van der Waals surface area contributed by atoms with E-state index in [1.807, 2.05) is 18.4 Å². The molecule has 0 amide bonds. The summed E-state index contributed by atoms with van der Waals surface area (Å²) in [5.41, 5.74) is 4.25. The summed E-state index contributed by atoms with van der Waals surface area (Å²) in [6.45, 7) is 2.03. The molecule has 1 heterocycles. The van der Waals surface area contributed by atoms with Gasteiger partial charge in [0.05, 0.1) is 6.04 Å². The fourth-order valence-corrected chi connectivity index (χ4v) is 3.04. The summed E-state index contributed by atoms with van der Waals surface area (Å²) >= 11 is 1.53. The minimum absolute atomic E-state index is 0.384. The highest BCUT2D eigenvalue weighted by atomic mass is 32.1. The molecule has 3 N–H and O–H groups in total. The van der Waals surface area contributed by atoms with Crippen molar-refractivity contribution in [3.63, 3.8) is 0 Å². The van der Waals surface area contributed by atoms with Crippen LogP contribution < -0.4 is 11.3 Å². The number of hydrogen-bond acceptors (Lipinski definition) is 3. The second-order valence-electron chi connectivity index (χ2n) is 3.97. The molecule has 0 aliphatic heterocycles. The van der Waals surface area contributed by atoms with Gasteiger partial charge in [-0.05, 0) is 41.1 Å². The van der Waals surface area contributed by atoms with Crippen LogP contribution in [-0.2, 0) is 6.42 Å². The van der Waals surface area contributed by atoms with E-state index in [2.05, 4.69) is 5.43 Å². The van der Waals surface area contributed by atoms with E-state index in [1.54, 1.807) is 0 Å². The van der Waals surface area contributed by atoms with E-state index in [0.717, 1.165) is 22.9 Å². The number of aryl methyl sites for hydroxylation is 1. The van der Waals surface area contributed by atoms with E-state index in [1.165, 1.54) is 23.5 Å². The molecule has 2 nitrogen and oxygen atoms in total. The van der Waals surface area contributed by atoms with Crippen molar-refractivity contribution in [2.45, 2.75) is 19.4 Å². The van der Waals surface area contributed by atoms with E-state index in [9.17, 15) is 8.78 Å². The van der Waals surface area contributed by atoms with Crippen molar-refractivity contribution >= 4 is 11.3 Å². The Kier molecular flexibility index (Phi) is 4.06. The van der Waals surface area contributed by atoms with Gasteiger partial charge in [-0.15, -0.1) is 11.3 Å². The standard InChI is InChI=1S/C13H14F2N2S/c1-2-8-3-4-18-13(8)12(17-16)9-5-10(14)7-11(15)6-9/h3-7,12,17H,2,16H2,1H3. The molecular weight excluding hydrogens is 254 g/mol. The maximum Gasteiger partial charge on any atom is 0.126 e. The van der Waals surface area contributed by atoms with Gasteiger partial charge in [-0.1, -0.05) is 6.92 Å². The first-order valence-electron chi connectivity index (χ1n) is 5.64. The predicted octanol–water partition coefficient (Wildman–Crippen LogP) is 3.14. The van der Waals surface area contributed by atoms with Crippen LogP contribution in [0.25, 0.3) is 0 Å². The lowest BCUT2D eigenvalue weighted by atomic mass is 10.0. The summed E-state index contributed by atoms with van der Waals surface area (Å²) in [6.07, 6.45) is 0.856. The first-order chi connectivity index (χ1) is 8.65. The van der Waals surface area contributed by atoms with Crippen molar-refractivity contribution in [3.8, 4) is 0 Å². The van der Waals surface area contributed by atoms with E-state index in [-0.39, 0.29) is 6.04 Å². The Balaban J connectivity index is 2.45. The summed E-state index contributed by atoms with van der Waals surface area (Å²) in [6, 6.07) is 5.07. The molecule has 2 aromatic rings. The van der Waals surface area contributed by atoms with Crippen molar-refractivity contribution in [2.24, 2.45) is 5.84 Å². The first kappa shape index (κ1) is 13.1. The summed E-state index contributed by atoms with van der Waals surface area (Å²) in [4.78, 5) is 0.991. The molecule has 5 heteroatoms. The van der Waals surface area contributed by atoms with Gasteiger partial charge in [-0.25, -0.2) is 14.2 Å². The molecule has 96 valence electrons. The van der Waals surface area contributed by atoms with Gasteiger partial charge < -0.3 is 0 Å². The fraction of sp³-hybridized carbons (Fsp3) is 0.231. The normalized spacial score (nSPS) is 12.7. The van der Waals surface area contributed by atoms with Gasteiger partial charge >= 0.3 is 0 Å².